The van der Waals surface area contributed by atoms with Gasteiger partial charge in [0, 0.05) is 15.9 Å². The molecule has 1 N–H and O–H groups in total. The molecule has 2 heterocycles. The number of unbranched alkanes of at least 4 members (excludes halogenated alkanes) is 2. The molecule has 0 saturated carbocycles. The first-order valence-electron chi connectivity index (χ1n) is 9.54. The lowest BCUT2D eigenvalue weighted by atomic mass is 9.96. The first-order chi connectivity index (χ1) is 13.5. The first-order valence-corrected chi connectivity index (χ1v) is 11.3. The molecule has 8 heteroatoms. The summed E-state index contributed by atoms with van der Waals surface area (Å²) in [7, 11) is 0. The lowest BCUT2D eigenvalue weighted by molar-refractivity contribution is -0.139. The zero-order valence-electron chi connectivity index (χ0n) is 16.4. The van der Waals surface area contributed by atoms with Crippen molar-refractivity contribution in [2.45, 2.75) is 51.2 Å². The van der Waals surface area contributed by atoms with Crippen LogP contribution in [0, 0.1) is 0 Å². The molecule has 0 fully saturated rings. The van der Waals surface area contributed by atoms with Crippen LogP contribution in [0.25, 0.3) is 0 Å². The van der Waals surface area contributed by atoms with Crippen LogP contribution < -0.4 is 5.32 Å². The van der Waals surface area contributed by atoms with Gasteiger partial charge in [-0.25, -0.2) is 9.48 Å². The van der Waals surface area contributed by atoms with Crippen molar-refractivity contribution in [1.82, 2.24) is 14.8 Å². The van der Waals surface area contributed by atoms with Crippen LogP contribution in [0.1, 0.15) is 51.6 Å². The number of nitrogens with zero attached hydrogens (tertiary/aromatic N) is 3. The highest BCUT2D eigenvalue weighted by Crippen LogP contribution is 2.37. The predicted molar refractivity (Wildman–Crippen MR) is 116 cm³/mol. The Kier molecular flexibility index (Phi) is 7.18. The van der Waals surface area contributed by atoms with Crippen LogP contribution >= 0.6 is 27.7 Å². The Morgan fingerprint density at radius 2 is 2.04 bits per heavy atom. The maximum absolute atomic E-state index is 12.7. The lowest BCUT2D eigenvalue weighted by Crippen LogP contribution is -2.29. The first kappa shape index (κ1) is 20.9. The van der Waals surface area contributed by atoms with Gasteiger partial charge in [-0.15, -0.1) is 5.10 Å². The molecule has 1 atom stereocenters. The monoisotopic (exact) mass is 464 g/mol. The number of ether oxygens (including phenoxy) is 1. The van der Waals surface area contributed by atoms with Gasteiger partial charge in [-0.3, -0.25) is 0 Å². The fourth-order valence-electron chi connectivity index (χ4n) is 3.13. The molecule has 0 bridgehead atoms. The number of esters is 1. The number of carbonyl (C=O) groups is 1. The van der Waals surface area contributed by atoms with E-state index in [1.807, 2.05) is 38.1 Å². The van der Waals surface area contributed by atoms with Crippen molar-refractivity contribution in [3.63, 3.8) is 0 Å². The Balaban J connectivity index is 1.97. The number of carbonyl (C=O) groups excluding carboxylic acids is 1. The molecular formula is C20H25BrN4O2S. The molecule has 0 spiro atoms. The SMILES string of the molecule is CCCCCSc1nc2n(n1)[C@@H](c1ccc(Br)cc1)C(C(=O)OCC)=C(C)N2. The summed E-state index contributed by atoms with van der Waals surface area (Å²) in [6, 6.07) is 7.54. The largest absolute Gasteiger partial charge is 0.463 e. The van der Waals surface area contributed by atoms with Gasteiger partial charge in [0.25, 0.3) is 0 Å². The van der Waals surface area contributed by atoms with Crippen molar-refractivity contribution in [2.24, 2.45) is 0 Å². The minimum Gasteiger partial charge on any atom is -0.463 e. The van der Waals surface area contributed by atoms with Crippen molar-refractivity contribution >= 4 is 39.6 Å². The molecule has 2 aromatic rings. The molecule has 6 nitrogen and oxygen atoms in total. The quantitative estimate of drug-likeness (QED) is 0.329. The molecule has 3 rings (SSSR count). The highest BCUT2D eigenvalue weighted by molar-refractivity contribution is 9.10. The number of hydrogen-bond donors (Lipinski definition) is 1. The minimum absolute atomic E-state index is 0.325. The van der Waals surface area contributed by atoms with E-state index in [0.717, 1.165) is 33.1 Å². The average Bonchev–Trinajstić information content (AvgIpc) is 3.07. The van der Waals surface area contributed by atoms with Crippen molar-refractivity contribution in [3.8, 4) is 0 Å². The predicted octanol–water partition coefficient (Wildman–Crippen LogP) is 5.17. The number of rotatable bonds is 8. The Hall–Kier alpha value is -1.80. The Labute approximate surface area is 178 Å². The number of allylic oxidation sites excluding steroid dienone is 1. The number of benzene rings is 1. The van der Waals surface area contributed by atoms with Gasteiger partial charge in [0.15, 0.2) is 0 Å². The van der Waals surface area contributed by atoms with Crippen LogP contribution in [0.15, 0.2) is 45.2 Å². The molecule has 0 saturated heterocycles. The van der Waals surface area contributed by atoms with Crippen molar-refractivity contribution in [3.05, 3.63) is 45.6 Å². The second-order valence-corrected chi connectivity index (χ2v) is 8.53. The normalized spacial score (nSPS) is 15.9. The van der Waals surface area contributed by atoms with Crippen LogP contribution in [-0.2, 0) is 9.53 Å². The van der Waals surface area contributed by atoms with E-state index in [1.54, 1.807) is 16.4 Å². The molecule has 150 valence electrons. The van der Waals surface area contributed by atoms with Crippen molar-refractivity contribution in [2.75, 3.05) is 17.7 Å². The summed E-state index contributed by atoms with van der Waals surface area (Å²) in [5.74, 6) is 1.30. The summed E-state index contributed by atoms with van der Waals surface area (Å²) in [6.45, 7) is 6.21. The summed E-state index contributed by atoms with van der Waals surface area (Å²) >= 11 is 5.12. The maximum atomic E-state index is 12.7. The molecule has 28 heavy (non-hydrogen) atoms. The highest BCUT2D eigenvalue weighted by Gasteiger charge is 2.35. The van der Waals surface area contributed by atoms with Crippen molar-refractivity contribution < 1.29 is 9.53 Å². The van der Waals surface area contributed by atoms with Crippen LogP contribution in [0.3, 0.4) is 0 Å². The second kappa shape index (κ2) is 9.60. The summed E-state index contributed by atoms with van der Waals surface area (Å²) < 4.78 is 8.11. The number of thioether (sulfide) groups is 1. The fraction of sp³-hybridized carbons (Fsp3) is 0.450. The fourth-order valence-corrected chi connectivity index (χ4v) is 4.23. The highest BCUT2D eigenvalue weighted by atomic mass is 79.9. The standard InChI is InChI=1S/C20H25BrN4O2S/c1-4-6-7-12-28-20-23-19-22-13(3)16(18(26)27-5-2)17(25(19)24-20)14-8-10-15(21)11-9-14/h8-11,17H,4-7,12H2,1-3H3,(H,22,23,24)/t17-/m0/s1. The second-order valence-electron chi connectivity index (χ2n) is 6.56. The third-order valence-electron chi connectivity index (χ3n) is 4.49. The van der Waals surface area contributed by atoms with Gasteiger partial charge in [0.1, 0.15) is 6.04 Å². The maximum Gasteiger partial charge on any atom is 0.338 e. The minimum atomic E-state index is -0.374. The molecule has 0 amide bonds. The van der Waals surface area contributed by atoms with E-state index in [9.17, 15) is 4.79 Å². The number of halogens is 1. The number of aromatic nitrogens is 3. The molecule has 1 aliphatic heterocycles. The number of fused-ring (bicyclic) bond motifs is 1. The van der Waals surface area contributed by atoms with E-state index in [2.05, 4.69) is 33.2 Å². The summed E-state index contributed by atoms with van der Waals surface area (Å²) in [5, 5.41) is 8.66. The summed E-state index contributed by atoms with van der Waals surface area (Å²) in [5.41, 5.74) is 2.26. The van der Waals surface area contributed by atoms with Gasteiger partial charge >= 0.3 is 5.97 Å². The molecule has 1 aromatic heterocycles. The van der Waals surface area contributed by atoms with Crippen LogP contribution in [0.2, 0.25) is 0 Å². The van der Waals surface area contributed by atoms with E-state index < -0.39 is 0 Å². The molecule has 1 aromatic carbocycles. The Morgan fingerprint density at radius 1 is 1.29 bits per heavy atom. The number of nitrogens with one attached hydrogen (secondary N) is 1. The Morgan fingerprint density at radius 3 is 2.71 bits per heavy atom. The van der Waals surface area contributed by atoms with Gasteiger partial charge in [-0.05, 0) is 38.0 Å². The Bertz CT molecular complexity index is 864. The lowest BCUT2D eigenvalue weighted by Gasteiger charge is -2.28. The van der Waals surface area contributed by atoms with Gasteiger partial charge < -0.3 is 10.1 Å². The smallest absolute Gasteiger partial charge is 0.338 e. The van der Waals surface area contributed by atoms with Gasteiger partial charge in [0.05, 0.1) is 12.2 Å². The summed E-state index contributed by atoms with van der Waals surface area (Å²) in [4.78, 5) is 17.4. The van der Waals surface area contributed by atoms with Crippen LogP contribution in [0.4, 0.5) is 5.95 Å². The topological polar surface area (TPSA) is 69.0 Å². The van der Waals surface area contributed by atoms with E-state index >= 15 is 0 Å². The van der Waals surface area contributed by atoms with Crippen LogP contribution in [-0.4, -0.2) is 33.1 Å². The van der Waals surface area contributed by atoms with E-state index in [4.69, 9.17) is 9.84 Å². The molecule has 0 aliphatic carbocycles. The summed E-state index contributed by atoms with van der Waals surface area (Å²) in [6.07, 6.45) is 3.53. The van der Waals surface area contributed by atoms with Crippen LogP contribution in [0.5, 0.6) is 0 Å². The van der Waals surface area contributed by atoms with Gasteiger partial charge in [-0.2, -0.15) is 4.98 Å². The van der Waals surface area contributed by atoms with Gasteiger partial charge in [-0.1, -0.05) is 59.6 Å². The van der Waals surface area contributed by atoms with Gasteiger partial charge in [0.2, 0.25) is 11.1 Å². The zero-order valence-corrected chi connectivity index (χ0v) is 18.8. The number of hydrogen-bond acceptors (Lipinski definition) is 6. The molecule has 1 aliphatic rings. The third-order valence-corrected chi connectivity index (χ3v) is 5.95. The molecule has 0 unspecified atom stereocenters. The third kappa shape index (κ3) is 4.60. The van der Waals surface area contributed by atoms with E-state index in [1.165, 1.54) is 12.8 Å². The van der Waals surface area contributed by atoms with E-state index in [0.29, 0.717) is 18.1 Å². The van der Waals surface area contributed by atoms with Crippen molar-refractivity contribution in [1.29, 1.82) is 0 Å². The number of anilines is 1. The molecular weight excluding hydrogens is 440 g/mol. The zero-order chi connectivity index (χ0) is 20.1. The van der Waals surface area contributed by atoms with E-state index in [-0.39, 0.29) is 12.0 Å². The average molecular weight is 465 g/mol. The molecule has 0 radical (unpaired) electrons.